The van der Waals surface area contributed by atoms with Crippen molar-refractivity contribution in [1.29, 1.82) is 0 Å². The molecule has 0 heteroatoms. The molecule has 2 aliphatic carbocycles. The lowest BCUT2D eigenvalue weighted by atomic mass is 9.85. The van der Waals surface area contributed by atoms with Crippen LogP contribution in [0.15, 0.2) is 41.5 Å². The maximum absolute atomic E-state index is 2.38. The van der Waals surface area contributed by atoms with Gasteiger partial charge in [-0.3, -0.25) is 0 Å². The van der Waals surface area contributed by atoms with Crippen LogP contribution in [-0.2, 0) is 6.42 Å². The van der Waals surface area contributed by atoms with E-state index in [1.54, 1.807) is 22.3 Å². The van der Waals surface area contributed by atoms with Crippen molar-refractivity contribution in [1.82, 2.24) is 0 Å². The molecule has 0 spiro atoms. The predicted octanol–water partition coefficient (Wildman–Crippen LogP) is 4.69. The first kappa shape index (κ1) is 10.8. The summed E-state index contributed by atoms with van der Waals surface area (Å²) in [7, 11) is 0. The second-order valence-electron chi connectivity index (χ2n) is 5.42. The van der Waals surface area contributed by atoms with Gasteiger partial charge in [0.2, 0.25) is 0 Å². The molecule has 1 unspecified atom stereocenters. The largest absolute Gasteiger partial charge is 0.0839 e. The molecular formula is C17H20. The lowest BCUT2D eigenvalue weighted by Crippen LogP contribution is -2.02. The highest BCUT2D eigenvalue weighted by Gasteiger charge is 2.21. The molecule has 0 saturated heterocycles. The van der Waals surface area contributed by atoms with Crippen LogP contribution in [0.1, 0.15) is 48.8 Å². The van der Waals surface area contributed by atoms with Crippen molar-refractivity contribution in [2.24, 2.45) is 0 Å². The summed E-state index contributed by atoms with van der Waals surface area (Å²) in [5, 5.41) is 0. The maximum atomic E-state index is 2.38. The molecule has 3 rings (SSSR count). The standard InChI is InChI=1S/C17H20/c1-12-7-10-17-13(2)16-6-4-3-5-14(16)8-9-15(17)11-12/h4,6-7,10-11,13H,3,5,8-9H2,1-2H3. The van der Waals surface area contributed by atoms with E-state index in [0.29, 0.717) is 5.92 Å². The second kappa shape index (κ2) is 4.18. The van der Waals surface area contributed by atoms with Crippen molar-refractivity contribution in [2.75, 3.05) is 0 Å². The van der Waals surface area contributed by atoms with Gasteiger partial charge in [-0.05, 0) is 49.3 Å². The van der Waals surface area contributed by atoms with Gasteiger partial charge >= 0.3 is 0 Å². The van der Waals surface area contributed by atoms with Gasteiger partial charge < -0.3 is 0 Å². The van der Waals surface area contributed by atoms with E-state index in [2.05, 4.69) is 44.2 Å². The highest BCUT2D eigenvalue weighted by molar-refractivity contribution is 5.46. The Kier molecular flexibility index (Phi) is 2.66. The smallest absolute Gasteiger partial charge is 0.00631 e. The highest BCUT2D eigenvalue weighted by atomic mass is 14.3. The van der Waals surface area contributed by atoms with E-state index in [9.17, 15) is 0 Å². The summed E-state index contributed by atoms with van der Waals surface area (Å²) in [6, 6.07) is 6.98. The molecule has 2 aliphatic rings. The molecule has 1 aromatic rings. The monoisotopic (exact) mass is 224 g/mol. The van der Waals surface area contributed by atoms with Gasteiger partial charge in [-0.2, -0.15) is 0 Å². The molecule has 0 aromatic heterocycles. The third-order valence-corrected chi connectivity index (χ3v) is 4.25. The number of hydrogen-bond acceptors (Lipinski definition) is 0. The van der Waals surface area contributed by atoms with Crippen LogP contribution in [0.25, 0.3) is 0 Å². The topological polar surface area (TPSA) is 0 Å². The summed E-state index contributed by atoms with van der Waals surface area (Å²) >= 11 is 0. The molecule has 0 aliphatic heterocycles. The molecule has 0 saturated carbocycles. The Hall–Kier alpha value is -1.30. The molecular weight excluding hydrogens is 204 g/mol. The highest BCUT2D eigenvalue weighted by Crippen LogP contribution is 2.38. The number of allylic oxidation sites excluding steroid dienone is 4. The predicted molar refractivity (Wildman–Crippen MR) is 73.3 cm³/mol. The van der Waals surface area contributed by atoms with Gasteiger partial charge in [0, 0.05) is 5.92 Å². The van der Waals surface area contributed by atoms with Crippen molar-refractivity contribution in [3.63, 3.8) is 0 Å². The first-order chi connectivity index (χ1) is 8.25. The van der Waals surface area contributed by atoms with E-state index in [0.717, 1.165) is 0 Å². The van der Waals surface area contributed by atoms with Crippen LogP contribution in [0.4, 0.5) is 0 Å². The second-order valence-corrected chi connectivity index (χ2v) is 5.42. The SMILES string of the molecule is Cc1ccc2c(c1)CCC1=C(C=CCC1)C2C. The average Bonchev–Trinajstić information content (AvgIpc) is 2.48. The van der Waals surface area contributed by atoms with Gasteiger partial charge in [0.25, 0.3) is 0 Å². The van der Waals surface area contributed by atoms with Crippen LogP contribution in [-0.4, -0.2) is 0 Å². The minimum absolute atomic E-state index is 0.583. The molecule has 0 fully saturated rings. The summed E-state index contributed by atoms with van der Waals surface area (Å²) in [6.07, 6.45) is 9.73. The number of hydrogen-bond donors (Lipinski definition) is 0. The minimum Gasteiger partial charge on any atom is -0.0839 e. The number of aryl methyl sites for hydroxylation is 2. The van der Waals surface area contributed by atoms with Gasteiger partial charge in [-0.1, -0.05) is 48.4 Å². The molecule has 0 bridgehead atoms. The normalized spacial score (nSPS) is 23.1. The lowest BCUT2D eigenvalue weighted by molar-refractivity contribution is 0.815. The average molecular weight is 224 g/mol. The van der Waals surface area contributed by atoms with Crippen LogP contribution in [0.5, 0.6) is 0 Å². The third kappa shape index (κ3) is 1.86. The number of benzene rings is 1. The van der Waals surface area contributed by atoms with E-state index in [4.69, 9.17) is 0 Å². The molecule has 17 heavy (non-hydrogen) atoms. The first-order valence-electron chi connectivity index (χ1n) is 6.73. The third-order valence-electron chi connectivity index (χ3n) is 4.25. The fourth-order valence-electron chi connectivity index (χ4n) is 3.28. The van der Waals surface area contributed by atoms with Crippen molar-refractivity contribution in [3.8, 4) is 0 Å². The van der Waals surface area contributed by atoms with Crippen LogP contribution < -0.4 is 0 Å². The Balaban J connectivity index is 2.09. The number of fused-ring (bicyclic) bond motifs is 1. The molecule has 1 atom stereocenters. The molecule has 88 valence electrons. The van der Waals surface area contributed by atoms with E-state index in [1.807, 2.05) is 0 Å². The summed E-state index contributed by atoms with van der Waals surface area (Å²) < 4.78 is 0. The van der Waals surface area contributed by atoms with Crippen molar-refractivity contribution >= 4 is 0 Å². The van der Waals surface area contributed by atoms with Crippen LogP contribution in [0, 0.1) is 6.92 Å². The Morgan fingerprint density at radius 1 is 1.12 bits per heavy atom. The molecule has 0 N–H and O–H groups in total. The minimum atomic E-state index is 0.583. The van der Waals surface area contributed by atoms with Crippen LogP contribution in [0.2, 0.25) is 0 Å². The Labute approximate surface area is 104 Å². The van der Waals surface area contributed by atoms with Gasteiger partial charge in [0.15, 0.2) is 0 Å². The van der Waals surface area contributed by atoms with Gasteiger partial charge in [0.05, 0.1) is 0 Å². The zero-order valence-corrected chi connectivity index (χ0v) is 10.8. The molecule has 0 heterocycles. The van der Waals surface area contributed by atoms with E-state index < -0.39 is 0 Å². The molecule has 1 aromatic carbocycles. The van der Waals surface area contributed by atoms with E-state index in [1.165, 1.54) is 31.2 Å². The van der Waals surface area contributed by atoms with Gasteiger partial charge in [-0.25, -0.2) is 0 Å². The van der Waals surface area contributed by atoms with Gasteiger partial charge in [-0.15, -0.1) is 0 Å². The van der Waals surface area contributed by atoms with Crippen LogP contribution in [0.3, 0.4) is 0 Å². The van der Waals surface area contributed by atoms with Crippen molar-refractivity contribution in [2.45, 2.75) is 45.4 Å². The molecule has 0 amide bonds. The maximum Gasteiger partial charge on any atom is 0.00631 e. The summed E-state index contributed by atoms with van der Waals surface area (Å²) in [6.45, 7) is 4.56. The van der Waals surface area contributed by atoms with E-state index in [-0.39, 0.29) is 0 Å². The Morgan fingerprint density at radius 3 is 2.88 bits per heavy atom. The summed E-state index contributed by atoms with van der Waals surface area (Å²) in [5.74, 6) is 0.583. The molecule has 0 radical (unpaired) electrons. The summed E-state index contributed by atoms with van der Waals surface area (Å²) in [5.41, 5.74) is 7.81. The lowest BCUT2D eigenvalue weighted by Gasteiger charge is -2.19. The molecule has 0 nitrogen and oxygen atoms in total. The van der Waals surface area contributed by atoms with Crippen molar-refractivity contribution < 1.29 is 0 Å². The fourth-order valence-corrected chi connectivity index (χ4v) is 3.28. The number of rotatable bonds is 0. The van der Waals surface area contributed by atoms with Gasteiger partial charge in [0.1, 0.15) is 0 Å². The quantitative estimate of drug-likeness (QED) is 0.599. The van der Waals surface area contributed by atoms with E-state index >= 15 is 0 Å². The summed E-state index contributed by atoms with van der Waals surface area (Å²) in [4.78, 5) is 0. The van der Waals surface area contributed by atoms with Crippen molar-refractivity contribution in [3.05, 3.63) is 58.2 Å². The van der Waals surface area contributed by atoms with Crippen LogP contribution >= 0.6 is 0 Å². The fraction of sp³-hybridized carbons (Fsp3) is 0.412. The first-order valence-corrected chi connectivity index (χ1v) is 6.73. The Morgan fingerprint density at radius 2 is 2.00 bits per heavy atom. The zero-order valence-electron chi connectivity index (χ0n) is 10.8. The Bertz CT molecular complexity index is 503. The zero-order chi connectivity index (χ0) is 11.8.